The summed E-state index contributed by atoms with van der Waals surface area (Å²) >= 11 is 0. The van der Waals surface area contributed by atoms with Crippen LogP contribution in [0.1, 0.15) is 47.3 Å². The topological polar surface area (TPSA) is 111 Å². The number of benzene rings is 2. The van der Waals surface area contributed by atoms with Gasteiger partial charge in [0.15, 0.2) is 0 Å². The van der Waals surface area contributed by atoms with E-state index in [1.807, 2.05) is 12.1 Å². The molecule has 0 unspecified atom stereocenters. The van der Waals surface area contributed by atoms with E-state index in [0.29, 0.717) is 61.9 Å². The number of ether oxygens (including phenoxy) is 1. The summed E-state index contributed by atoms with van der Waals surface area (Å²) < 4.78 is 21.1. The smallest absolute Gasteiger partial charge is 0.272 e. The number of carbonyl (C=O) groups excluding carboxylic acids is 2. The summed E-state index contributed by atoms with van der Waals surface area (Å²) in [5.41, 5.74) is 1.09. The van der Waals surface area contributed by atoms with Crippen molar-refractivity contribution >= 4 is 22.6 Å². The van der Waals surface area contributed by atoms with Gasteiger partial charge < -0.3 is 19.9 Å². The highest BCUT2D eigenvalue weighted by Crippen LogP contribution is 2.21. The second-order valence-corrected chi connectivity index (χ2v) is 11.8. The normalized spacial score (nSPS) is 19.2. The number of fused-ring (bicyclic) bond motifs is 1. The van der Waals surface area contributed by atoms with Crippen LogP contribution in [-0.4, -0.2) is 108 Å². The zero-order valence-electron chi connectivity index (χ0n) is 24.4. The molecule has 0 aliphatic carbocycles. The molecular formula is C32H39FN6O4. The highest BCUT2D eigenvalue weighted by Gasteiger charge is 2.29. The van der Waals surface area contributed by atoms with Crippen molar-refractivity contribution in [3.63, 3.8) is 0 Å². The van der Waals surface area contributed by atoms with E-state index in [0.717, 1.165) is 57.2 Å². The Bertz CT molecular complexity index is 1510. The fourth-order valence-corrected chi connectivity index (χ4v) is 6.37. The fourth-order valence-electron chi connectivity index (χ4n) is 6.37. The van der Waals surface area contributed by atoms with Gasteiger partial charge in [0.1, 0.15) is 5.82 Å². The van der Waals surface area contributed by atoms with Gasteiger partial charge in [-0.3, -0.25) is 19.3 Å². The van der Waals surface area contributed by atoms with Gasteiger partial charge in [-0.1, -0.05) is 24.3 Å². The van der Waals surface area contributed by atoms with E-state index in [4.69, 9.17) is 4.74 Å². The number of likely N-dealkylation sites (tertiary alicyclic amines) is 1. The maximum Gasteiger partial charge on any atom is 0.272 e. The lowest BCUT2D eigenvalue weighted by Crippen LogP contribution is -2.53. The molecule has 3 aliphatic rings. The van der Waals surface area contributed by atoms with E-state index in [1.54, 1.807) is 34.1 Å². The largest absolute Gasteiger partial charge is 0.375 e. The van der Waals surface area contributed by atoms with Gasteiger partial charge in [-0.15, -0.1) is 0 Å². The minimum absolute atomic E-state index is 0.000543. The third-order valence-corrected chi connectivity index (χ3v) is 8.89. The minimum Gasteiger partial charge on any atom is -0.375 e. The van der Waals surface area contributed by atoms with Crippen LogP contribution < -0.4 is 10.9 Å². The van der Waals surface area contributed by atoms with Crippen molar-refractivity contribution < 1.29 is 18.7 Å². The zero-order valence-corrected chi connectivity index (χ0v) is 24.4. The molecule has 0 bridgehead atoms. The SMILES string of the molecule is O=C(CN1CCC(OC2CCNCC2)CC1)N1CCN(C(=O)c2cc(Cc3n[nH]c(=O)c4ccccc34)ccc2F)CC1. The number of halogens is 1. The predicted octanol–water partition coefficient (Wildman–Crippen LogP) is 2.17. The van der Waals surface area contributed by atoms with Crippen molar-refractivity contribution in [3.05, 3.63) is 75.5 Å². The highest BCUT2D eigenvalue weighted by molar-refractivity contribution is 5.95. The number of nitrogens with one attached hydrogen (secondary N) is 2. The van der Waals surface area contributed by atoms with Gasteiger partial charge in [-0.25, -0.2) is 9.49 Å². The lowest BCUT2D eigenvalue weighted by molar-refractivity contribution is -0.135. The molecule has 0 atom stereocenters. The molecule has 3 aliphatic heterocycles. The first-order chi connectivity index (χ1) is 20.9. The number of aromatic amines is 1. The molecule has 3 saturated heterocycles. The molecule has 11 heteroatoms. The van der Waals surface area contributed by atoms with Crippen LogP contribution in [0.3, 0.4) is 0 Å². The summed E-state index contributed by atoms with van der Waals surface area (Å²) in [6.07, 6.45) is 4.98. The third-order valence-electron chi connectivity index (χ3n) is 8.89. The van der Waals surface area contributed by atoms with Gasteiger partial charge in [0.2, 0.25) is 5.91 Å². The monoisotopic (exact) mass is 590 g/mol. The molecule has 6 rings (SSSR count). The number of H-pyrrole nitrogens is 1. The molecule has 2 amide bonds. The number of piperidine rings is 2. The first kappa shape index (κ1) is 29.4. The Hall–Kier alpha value is -3.67. The highest BCUT2D eigenvalue weighted by atomic mass is 19.1. The van der Waals surface area contributed by atoms with Gasteiger partial charge in [0.25, 0.3) is 11.5 Å². The molecule has 43 heavy (non-hydrogen) atoms. The first-order valence-corrected chi connectivity index (χ1v) is 15.3. The second-order valence-electron chi connectivity index (χ2n) is 11.8. The summed E-state index contributed by atoms with van der Waals surface area (Å²) in [4.78, 5) is 44.2. The number of amides is 2. The number of nitrogens with zero attached hydrogens (tertiary/aromatic N) is 4. The van der Waals surface area contributed by atoms with Crippen molar-refractivity contribution in [1.82, 2.24) is 30.2 Å². The summed E-state index contributed by atoms with van der Waals surface area (Å²) in [6.45, 7) is 5.66. The van der Waals surface area contributed by atoms with Gasteiger partial charge in [-0.05, 0) is 62.5 Å². The Balaban J connectivity index is 1.00. The molecule has 2 aromatic carbocycles. The number of carbonyl (C=O) groups is 2. The summed E-state index contributed by atoms with van der Waals surface area (Å²) in [5, 5.41) is 11.3. The van der Waals surface area contributed by atoms with Crippen molar-refractivity contribution in [2.24, 2.45) is 0 Å². The molecule has 228 valence electrons. The Morgan fingerprint density at radius 1 is 0.884 bits per heavy atom. The maximum atomic E-state index is 14.9. The molecule has 0 radical (unpaired) electrons. The third kappa shape index (κ3) is 6.95. The van der Waals surface area contributed by atoms with Crippen LogP contribution in [-0.2, 0) is 16.0 Å². The van der Waals surface area contributed by atoms with Crippen molar-refractivity contribution in [2.45, 2.75) is 44.3 Å². The van der Waals surface area contributed by atoms with E-state index in [-0.39, 0.29) is 29.0 Å². The van der Waals surface area contributed by atoms with Gasteiger partial charge >= 0.3 is 0 Å². The summed E-state index contributed by atoms with van der Waals surface area (Å²) in [6, 6.07) is 11.7. The summed E-state index contributed by atoms with van der Waals surface area (Å²) in [7, 11) is 0. The molecule has 0 spiro atoms. The molecule has 0 saturated carbocycles. The van der Waals surface area contributed by atoms with E-state index in [9.17, 15) is 18.8 Å². The van der Waals surface area contributed by atoms with Crippen LogP contribution in [0.2, 0.25) is 0 Å². The lowest BCUT2D eigenvalue weighted by Gasteiger charge is -2.38. The predicted molar refractivity (Wildman–Crippen MR) is 160 cm³/mol. The van der Waals surface area contributed by atoms with E-state index >= 15 is 0 Å². The molecule has 3 aromatic rings. The van der Waals surface area contributed by atoms with Crippen LogP contribution in [0, 0.1) is 5.82 Å². The van der Waals surface area contributed by atoms with Crippen LogP contribution in [0.5, 0.6) is 0 Å². The molecule has 3 fully saturated rings. The van der Waals surface area contributed by atoms with E-state index in [1.165, 1.54) is 6.07 Å². The molecular weight excluding hydrogens is 551 g/mol. The number of hydrogen-bond acceptors (Lipinski definition) is 7. The molecule has 1 aromatic heterocycles. The Morgan fingerprint density at radius 2 is 1.56 bits per heavy atom. The fraction of sp³-hybridized carbons (Fsp3) is 0.500. The Morgan fingerprint density at radius 3 is 2.30 bits per heavy atom. The average molecular weight is 591 g/mol. The Labute approximate surface area is 250 Å². The molecule has 10 nitrogen and oxygen atoms in total. The van der Waals surface area contributed by atoms with Gasteiger partial charge in [0, 0.05) is 51.1 Å². The van der Waals surface area contributed by atoms with Crippen LogP contribution >= 0.6 is 0 Å². The van der Waals surface area contributed by atoms with Gasteiger partial charge in [-0.2, -0.15) is 5.10 Å². The molecule has 4 heterocycles. The average Bonchev–Trinajstić information content (AvgIpc) is 3.04. The second kappa shape index (κ2) is 13.3. The van der Waals surface area contributed by atoms with Gasteiger partial charge in [0.05, 0.1) is 35.4 Å². The molecule has 2 N–H and O–H groups in total. The standard InChI is InChI=1S/C32H39FN6O4/c33-28-6-5-22(20-29-25-3-1-2-4-26(25)31(41)36-35-29)19-27(28)32(42)39-17-15-38(16-18-39)30(40)21-37-13-9-24(10-14-37)43-23-7-11-34-12-8-23/h1-6,19,23-24,34H,7-18,20-21H2,(H,36,41). The van der Waals surface area contributed by atoms with Crippen LogP contribution in [0.25, 0.3) is 10.8 Å². The number of aromatic nitrogens is 2. The van der Waals surface area contributed by atoms with Crippen molar-refractivity contribution in [1.29, 1.82) is 0 Å². The van der Waals surface area contributed by atoms with Crippen LogP contribution in [0.4, 0.5) is 4.39 Å². The van der Waals surface area contributed by atoms with E-state index < -0.39 is 5.82 Å². The van der Waals surface area contributed by atoms with Crippen molar-refractivity contribution in [3.8, 4) is 0 Å². The minimum atomic E-state index is -0.584. The Kier molecular flexibility index (Phi) is 9.11. The maximum absolute atomic E-state index is 14.9. The number of rotatable bonds is 7. The van der Waals surface area contributed by atoms with Crippen molar-refractivity contribution in [2.75, 3.05) is 58.9 Å². The lowest BCUT2D eigenvalue weighted by atomic mass is 10.0. The van der Waals surface area contributed by atoms with E-state index in [2.05, 4.69) is 20.4 Å². The zero-order chi connectivity index (χ0) is 29.8. The number of piperazine rings is 1. The number of hydrogen-bond donors (Lipinski definition) is 2. The van der Waals surface area contributed by atoms with Crippen LogP contribution in [0.15, 0.2) is 47.3 Å². The summed E-state index contributed by atoms with van der Waals surface area (Å²) in [5.74, 6) is -0.903. The first-order valence-electron chi connectivity index (χ1n) is 15.3. The quantitative estimate of drug-likeness (QED) is 0.434.